The Kier molecular flexibility index (Phi) is 5.51. The zero-order valence-corrected chi connectivity index (χ0v) is 13.0. The zero-order valence-electron chi connectivity index (χ0n) is 12.2. The Balaban J connectivity index is 2.00. The van der Waals surface area contributed by atoms with Crippen LogP contribution in [0.2, 0.25) is 0 Å². The first-order valence-electron chi connectivity index (χ1n) is 7.13. The van der Waals surface area contributed by atoms with Gasteiger partial charge in [0.25, 0.3) is 5.91 Å². The molecule has 1 saturated heterocycles. The van der Waals surface area contributed by atoms with E-state index < -0.39 is 17.6 Å². The SMILES string of the molecule is O=C(NC1CCN(C(=O)CCl)CC1)c1ccccc1C(F)(F)F. The second-order valence-electron chi connectivity index (χ2n) is 5.31. The summed E-state index contributed by atoms with van der Waals surface area (Å²) in [4.78, 5) is 25.2. The fourth-order valence-electron chi connectivity index (χ4n) is 2.55. The number of carbonyl (C=O) groups excluding carboxylic acids is 2. The summed E-state index contributed by atoms with van der Waals surface area (Å²) in [6.07, 6.45) is -3.60. The Morgan fingerprint density at radius 1 is 1.22 bits per heavy atom. The lowest BCUT2D eigenvalue weighted by Crippen LogP contribution is -2.47. The molecule has 1 fully saturated rings. The zero-order chi connectivity index (χ0) is 17.0. The first-order chi connectivity index (χ1) is 10.8. The predicted octanol–water partition coefficient (Wildman–Crippen LogP) is 2.67. The number of amides is 2. The van der Waals surface area contributed by atoms with Crippen LogP contribution >= 0.6 is 11.6 Å². The van der Waals surface area contributed by atoms with E-state index >= 15 is 0 Å². The summed E-state index contributed by atoms with van der Waals surface area (Å²) < 4.78 is 38.8. The van der Waals surface area contributed by atoms with Gasteiger partial charge in [0.15, 0.2) is 0 Å². The molecule has 0 bridgehead atoms. The van der Waals surface area contributed by atoms with E-state index in [0.717, 1.165) is 12.1 Å². The van der Waals surface area contributed by atoms with Crippen molar-refractivity contribution in [1.29, 1.82) is 0 Å². The fourth-order valence-corrected chi connectivity index (χ4v) is 2.72. The quantitative estimate of drug-likeness (QED) is 0.854. The molecule has 2 amide bonds. The number of halogens is 4. The molecule has 0 radical (unpaired) electrons. The van der Waals surface area contributed by atoms with E-state index in [9.17, 15) is 22.8 Å². The molecule has 4 nitrogen and oxygen atoms in total. The van der Waals surface area contributed by atoms with Crippen molar-refractivity contribution in [1.82, 2.24) is 10.2 Å². The van der Waals surface area contributed by atoms with Crippen molar-refractivity contribution in [2.45, 2.75) is 25.1 Å². The molecule has 0 saturated carbocycles. The van der Waals surface area contributed by atoms with E-state index in [0.29, 0.717) is 25.9 Å². The van der Waals surface area contributed by atoms with Crippen molar-refractivity contribution < 1.29 is 22.8 Å². The molecule has 0 unspecified atom stereocenters. The molecular weight excluding hydrogens is 333 g/mol. The molecule has 0 aromatic heterocycles. The number of alkyl halides is 4. The first kappa shape index (κ1) is 17.6. The minimum Gasteiger partial charge on any atom is -0.349 e. The summed E-state index contributed by atoms with van der Waals surface area (Å²) in [5.74, 6) is -1.03. The third-order valence-electron chi connectivity index (χ3n) is 3.77. The Morgan fingerprint density at radius 2 is 1.83 bits per heavy atom. The summed E-state index contributed by atoms with van der Waals surface area (Å²) in [7, 11) is 0. The maximum Gasteiger partial charge on any atom is 0.417 e. The van der Waals surface area contributed by atoms with Crippen LogP contribution in [0.5, 0.6) is 0 Å². The standard InChI is InChI=1S/C15H16ClF3N2O2/c16-9-13(22)21-7-5-10(6-8-21)20-14(23)11-3-1-2-4-12(11)15(17,18)19/h1-4,10H,5-9H2,(H,20,23). The Morgan fingerprint density at radius 3 is 2.39 bits per heavy atom. The number of nitrogens with one attached hydrogen (secondary N) is 1. The fraction of sp³-hybridized carbons (Fsp3) is 0.467. The summed E-state index contributed by atoms with van der Waals surface area (Å²) in [6.45, 7) is 0.856. The predicted molar refractivity (Wildman–Crippen MR) is 79.2 cm³/mol. The summed E-state index contributed by atoms with van der Waals surface area (Å²) in [5, 5.41) is 2.62. The van der Waals surface area contributed by atoms with Gasteiger partial charge in [-0.2, -0.15) is 13.2 Å². The van der Waals surface area contributed by atoms with Gasteiger partial charge in [0.1, 0.15) is 5.88 Å². The van der Waals surface area contributed by atoms with Gasteiger partial charge in [0, 0.05) is 19.1 Å². The number of benzene rings is 1. The van der Waals surface area contributed by atoms with Gasteiger partial charge in [0.2, 0.25) is 5.91 Å². The number of hydrogen-bond donors (Lipinski definition) is 1. The van der Waals surface area contributed by atoms with Gasteiger partial charge in [-0.05, 0) is 25.0 Å². The number of rotatable bonds is 3. The summed E-state index contributed by atoms with van der Waals surface area (Å²) in [6, 6.07) is 4.42. The smallest absolute Gasteiger partial charge is 0.349 e. The second kappa shape index (κ2) is 7.21. The van der Waals surface area contributed by atoms with Crippen LogP contribution in [0.4, 0.5) is 13.2 Å². The van der Waals surface area contributed by atoms with Crippen LogP contribution in [0, 0.1) is 0 Å². The molecule has 0 spiro atoms. The van der Waals surface area contributed by atoms with Gasteiger partial charge < -0.3 is 10.2 Å². The van der Waals surface area contributed by atoms with Crippen molar-refractivity contribution in [3.63, 3.8) is 0 Å². The third-order valence-corrected chi connectivity index (χ3v) is 4.00. The Bertz CT molecular complexity index is 584. The number of likely N-dealkylation sites (tertiary alicyclic amines) is 1. The molecule has 0 atom stereocenters. The summed E-state index contributed by atoms with van der Waals surface area (Å²) in [5.41, 5.74) is -1.34. The normalized spacial score (nSPS) is 16.3. The summed E-state index contributed by atoms with van der Waals surface area (Å²) >= 11 is 5.48. The molecule has 1 aliphatic rings. The van der Waals surface area contributed by atoms with Crippen LogP contribution in [-0.2, 0) is 11.0 Å². The van der Waals surface area contributed by atoms with E-state index in [1.54, 1.807) is 4.90 Å². The minimum atomic E-state index is -4.58. The minimum absolute atomic E-state index is 0.101. The molecule has 1 aromatic carbocycles. The van der Waals surface area contributed by atoms with Crippen molar-refractivity contribution in [2.24, 2.45) is 0 Å². The molecule has 23 heavy (non-hydrogen) atoms. The lowest BCUT2D eigenvalue weighted by atomic mass is 10.0. The second-order valence-corrected chi connectivity index (χ2v) is 5.57. The highest BCUT2D eigenvalue weighted by Crippen LogP contribution is 2.31. The molecule has 1 aliphatic heterocycles. The lowest BCUT2D eigenvalue weighted by Gasteiger charge is -2.32. The van der Waals surface area contributed by atoms with Gasteiger partial charge in [-0.1, -0.05) is 12.1 Å². The number of carbonyl (C=O) groups is 2. The first-order valence-corrected chi connectivity index (χ1v) is 7.67. The van der Waals surface area contributed by atoms with Crippen molar-refractivity contribution >= 4 is 23.4 Å². The lowest BCUT2D eigenvalue weighted by molar-refractivity contribution is -0.138. The van der Waals surface area contributed by atoms with Crippen LogP contribution < -0.4 is 5.32 Å². The third kappa shape index (κ3) is 4.37. The molecular formula is C15H16ClF3N2O2. The maximum atomic E-state index is 12.9. The van der Waals surface area contributed by atoms with Crippen molar-refractivity contribution in [3.05, 3.63) is 35.4 Å². The monoisotopic (exact) mass is 348 g/mol. The largest absolute Gasteiger partial charge is 0.417 e. The number of nitrogens with zero attached hydrogens (tertiary/aromatic N) is 1. The highest BCUT2D eigenvalue weighted by atomic mass is 35.5. The Hall–Kier alpha value is -1.76. The van der Waals surface area contributed by atoms with Crippen LogP contribution in [0.25, 0.3) is 0 Å². The molecule has 126 valence electrons. The molecule has 2 rings (SSSR count). The molecule has 0 aliphatic carbocycles. The average Bonchev–Trinajstić information content (AvgIpc) is 2.54. The molecule has 8 heteroatoms. The maximum absolute atomic E-state index is 12.9. The van der Waals surface area contributed by atoms with Gasteiger partial charge in [-0.25, -0.2) is 0 Å². The van der Waals surface area contributed by atoms with Crippen LogP contribution in [0.15, 0.2) is 24.3 Å². The topological polar surface area (TPSA) is 49.4 Å². The van der Waals surface area contributed by atoms with Gasteiger partial charge in [-0.3, -0.25) is 9.59 Å². The van der Waals surface area contributed by atoms with Crippen molar-refractivity contribution in [2.75, 3.05) is 19.0 Å². The molecule has 1 heterocycles. The van der Waals surface area contributed by atoms with Gasteiger partial charge in [-0.15, -0.1) is 11.6 Å². The van der Waals surface area contributed by atoms with E-state index in [2.05, 4.69) is 5.32 Å². The Labute approximate surface area is 136 Å². The van der Waals surface area contributed by atoms with Gasteiger partial charge >= 0.3 is 6.18 Å². The average molecular weight is 349 g/mol. The van der Waals surface area contributed by atoms with E-state index in [1.165, 1.54) is 12.1 Å². The van der Waals surface area contributed by atoms with E-state index in [-0.39, 0.29) is 23.4 Å². The van der Waals surface area contributed by atoms with Crippen LogP contribution in [0.1, 0.15) is 28.8 Å². The van der Waals surface area contributed by atoms with Crippen LogP contribution in [-0.4, -0.2) is 41.7 Å². The number of piperidine rings is 1. The van der Waals surface area contributed by atoms with E-state index in [4.69, 9.17) is 11.6 Å². The molecule has 1 aromatic rings. The highest BCUT2D eigenvalue weighted by Gasteiger charge is 2.35. The number of hydrogen-bond acceptors (Lipinski definition) is 2. The van der Waals surface area contributed by atoms with E-state index in [1.807, 2.05) is 0 Å². The highest BCUT2D eigenvalue weighted by molar-refractivity contribution is 6.27. The van der Waals surface area contributed by atoms with Crippen LogP contribution in [0.3, 0.4) is 0 Å². The molecule has 1 N–H and O–H groups in total. The van der Waals surface area contributed by atoms with Gasteiger partial charge in [0.05, 0.1) is 11.1 Å². The van der Waals surface area contributed by atoms with Crippen molar-refractivity contribution in [3.8, 4) is 0 Å².